The third kappa shape index (κ3) is 4.41. The van der Waals surface area contributed by atoms with Gasteiger partial charge in [0.25, 0.3) is 5.91 Å². The van der Waals surface area contributed by atoms with Crippen LogP contribution in [0, 0.1) is 5.92 Å². The fourth-order valence-corrected chi connectivity index (χ4v) is 2.03. The van der Waals surface area contributed by atoms with Gasteiger partial charge in [-0.3, -0.25) is 4.79 Å². The third-order valence-corrected chi connectivity index (χ3v) is 3.27. The van der Waals surface area contributed by atoms with E-state index in [4.69, 9.17) is 14.2 Å². The Bertz CT molecular complexity index is 660. The predicted octanol–water partition coefficient (Wildman–Crippen LogP) is 2.32. The van der Waals surface area contributed by atoms with Crippen LogP contribution in [-0.2, 0) is 6.73 Å². The first kappa shape index (κ1) is 17.7. The molecule has 0 saturated carbocycles. The second-order valence-electron chi connectivity index (χ2n) is 5.61. The highest BCUT2D eigenvalue weighted by Crippen LogP contribution is 2.36. The lowest BCUT2D eigenvalue weighted by molar-refractivity contribution is 0.0941. The van der Waals surface area contributed by atoms with Crippen molar-refractivity contribution in [2.45, 2.75) is 20.6 Å². The average Bonchev–Trinajstić information content (AvgIpc) is 3.06. The molecule has 7 nitrogen and oxygen atoms in total. The van der Waals surface area contributed by atoms with Crippen LogP contribution < -0.4 is 19.5 Å². The van der Waals surface area contributed by atoms with E-state index < -0.39 is 0 Å². The van der Waals surface area contributed by atoms with E-state index in [1.54, 1.807) is 38.6 Å². The van der Waals surface area contributed by atoms with Gasteiger partial charge in [-0.05, 0) is 24.1 Å². The molecule has 1 heterocycles. The minimum atomic E-state index is -0.197. The SMILES string of the molecule is COc1cccc(OC)c1OCn1ccc(C(=O)NCC(C)C)n1. The van der Waals surface area contributed by atoms with Crippen molar-refractivity contribution in [1.29, 1.82) is 0 Å². The summed E-state index contributed by atoms with van der Waals surface area (Å²) < 4.78 is 17.8. The maximum absolute atomic E-state index is 12.0. The Hall–Kier alpha value is -2.70. The summed E-state index contributed by atoms with van der Waals surface area (Å²) in [6, 6.07) is 7.03. The zero-order chi connectivity index (χ0) is 17.5. The van der Waals surface area contributed by atoms with E-state index in [1.807, 2.05) is 19.9 Å². The van der Waals surface area contributed by atoms with Crippen LogP contribution in [0.4, 0.5) is 0 Å². The standard InChI is InChI=1S/C17H23N3O4/c1-12(2)10-18-17(21)13-8-9-20(19-13)11-24-16-14(22-3)6-5-7-15(16)23-4/h5-9,12H,10-11H2,1-4H3,(H,18,21). The number of amides is 1. The topological polar surface area (TPSA) is 74.6 Å². The fourth-order valence-electron chi connectivity index (χ4n) is 2.03. The monoisotopic (exact) mass is 333 g/mol. The molecule has 0 aliphatic carbocycles. The molecular weight excluding hydrogens is 310 g/mol. The Morgan fingerprint density at radius 1 is 1.21 bits per heavy atom. The molecule has 0 saturated heterocycles. The quantitative estimate of drug-likeness (QED) is 0.802. The number of hydrogen-bond donors (Lipinski definition) is 1. The number of benzene rings is 1. The fraction of sp³-hybridized carbons (Fsp3) is 0.412. The first-order valence-electron chi connectivity index (χ1n) is 7.70. The molecule has 24 heavy (non-hydrogen) atoms. The Labute approximate surface area is 141 Å². The number of rotatable bonds is 8. The predicted molar refractivity (Wildman–Crippen MR) is 89.6 cm³/mol. The molecule has 130 valence electrons. The smallest absolute Gasteiger partial charge is 0.271 e. The molecule has 1 aromatic carbocycles. The summed E-state index contributed by atoms with van der Waals surface area (Å²) in [5.74, 6) is 1.81. The van der Waals surface area contributed by atoms with Crippen molar-refractivity contribution in [3.63, 3.8) is 0 Å². The van der Waals surface area contributed by atoms with Gasteiger partial charge in [-0.15, -0.1) is 0 Å². The largest absolute Gasteiger partial charge is 0.493 e. The molecular formula is C17H23N3O4. The number of nitrogens with zero attached hydrogens (tertiary/aromatic N) is 2. The van der Waals surface area contributed by atoms with Crippen molar-refractivity contribution in [3.8, 4) is 17.2 Å². The van der Waals surface area contributed by atoms with E-state index in [9.17, 15) is 4.79 Å². The molecule has 2 rings (SSSR count). The molecule has 0 unspecified atom stereocenters. The van der Waals surface area contributed by atoms with Gasteiger partial charge in [0.1, 0.15) is 5.69 Å². The number of methoxy groups -OCH3 is 2. The molecule has 0 atom stereocenters. The van der Waals surface area contributed by atoms with Crippen LogP contribution in [0.3, 0.4) is 0 Å². The molecule has 0 radical (unpaired) electrons. The zero-order valence-corrected chi connectivity index (χ0v) is 14.4. The minimum Gasteiger partial charge on any atom is -0.493 e. The maximum atomic E-state index is 12.0. The highest BCUT2D eigenvalue weighted by molar-refractivity contribution is 5.92. The van der Waals surface area contributed by atoms with E-state index in [2.05, 4.69) is 10.4 Å². The minimum absolute atomic E-state index is 0.133. The number of hydrogen-bond acceptors (Lipinski definition) is 5. The van der Waals surface area contributed by atoms with Crippen LogP contribution in [-0.4, -0.2) is 36.5 Å². The molecule has 7 heteroatoms. The number of carbonyl (C=O) groups is 1. The first-order valence-corrected chi connectivity index (χ1v) is 7.70. The zero-order valence-electron chi connectivity index (χ0n) is 14.4. The molecule has 1 amide bonds. The van der Waals surface area contributed by atoms with Crippen molar-refractivity contribution >= 4 is 5.91 Å². The van der Waals surface area contributed by atoms with Gasteiger partial charge in [0.15, 0.2) is 18.2 Å². The number of nitrogens with one attached hydrogen (secondary N) is 1. The van der Waals surface area contributed by atoms with Gasteiger partial charge in [-0.2, -0.15) is 5.10 Å². The number of carbonyl (C=O) groups excluding carboxylic acids is 1. The highest BCUT2D eigenvalue weighted by Gasteiger charge is 2.13. The molecule has 0 aliphatic heterocycles. The lowest BCUT2D eigenvalue weighted by atomic mass is 10.2. The van der Waals surface area contributed by atoms with Gasteiger partial charge in [-0.25, -0.2) is 4.68 Å². The second-order valence-corrected chi connectivity index (χ2v) is 5.61. The van der Waals surface area contributed by atoms with E-state index in [-0.39, 0.29) is 12.6 Å². The summed E-state index contributed by atoms with van der Waals surface area (Å²) in [6.45, 7) is 4.81. The summed E-state index contributed by atoms with van der Waals surface area (Å²) in [5.41, 5.74) is 0.353. The molecule has 0 bridgehead atoms. The number of aromatic nitrogens is 2. The lowest BCUT2D eigenvalue weighted by Crippen LogP contribution is -2.27. The average molecular weight is 333 g/mol. The Kier molecular flexibility index (Phi) is 6.06. The lowest BCUT2D eigenvalue weighted by Gasteiger charge is -2.13. The summed E-state index contributed by atoms with van der Waals surface area (Å²) >= 11 is 0. The Morgan fingerprint density at radius 3 is 2.46 bits per heavy atom. The van der Waals surface area contributed by atoms with Crippen molar-refractivity contribution < 1.29 is 19.0 Å². The van der Waals surface area contributed by atoms with Crippen LogP contribution in [0.15, 0.2) is 30.5 Å². The normalized spacial score (nSPS) is 10.5. The van der Waals surface area contributed by atoms with Gasteiger partial charge < -0.3 is 19.5 Å². The van der Waals surface area contributed by atoms with Gasteiger partial charge in [0.2, 0.25) is 5.75 Å². The van der Waals surface area contributed by atoms with Crippen LogP contribution in [0.2, 0.25) is 0 Å². The molecule has 0 spiro atoms. The Morgan fingerprint density at radius 2 is 1.88 bits per heavy atom. The third-order valence-electron chi connectivity index (χ3n) is 3.27. The van der Waals surface area contributed by atoms with Gasteiger partial charge >= 0.3 is 0 Å². The summed E-state index contributed by atoms with van der Waals surface area (Å²) in [6.07, 6.45) is 1.69. The van der Waals surface area contributed by atoms with E-state index in [0.717, 1.165) is 0 Å². The van der Waals surface area contributed by atoms with Gasteiger partial charge in [-0.1, -0.05) is 19.9 Å². The number of para-hydroxylation sites is 1. The van der Waals surface area contributed by atoms with E-state index in [1.165, 1.54) is 4.68 Å². The molecule has 1 N–H and O–H groups in total. The summed E-state index contributed by atoms with van der Waals surface area (Å²) in [4.78, 5) is 12.0. The number of ether oxygens (including phenoxy) is 3. The summed E-state index contributed by atoms with van der Waals surface area (Å²) in [5, 5.41) is 7.04. The maximum Gasteiger partial charge on any atom is 0.271 e. The summed E-state index contributed by atoms with van der Waals surface area (Å²) in [7, 11) is 3.12. The molecule has 0 fully saturated rings. The van der Waals surface area contributed by atoms with Gasteiger partial charge in [0, 0.05) is 12.7 Å². The molecule has 0 aliphatic rings. The van der Waals surface area contributed by atoms with Crippen LogP contribution in [0.25, 0.3) is 0 Å². The van der Waals surface area contributed by atoms with Crippen molar-refractivity contribution in [1.82, 2.24) is 15.1 Å². The van der Waals surface area contributed by atoms with Gasteiger partial charge in [0.05, 0.1) is 14.2 Å². The van der Waals surface area contributed by atoms with E-state index >= 15 is 0 Å². The van der Waals surface area contributed by atoms with Crippen molar-refractivity contribution in [3.05, 3.63) is 36.2 Å². The van der Waals surface area contributed by atoms with Crippen molar-refractivity contribution in [2.75, 3.05) is 20.8 Å². The molecule has 1 aromatic heterocycles. The van der Waals surface area contributed by atoms with E-state index in [0.29, 0.717) is 35.4 Å². The first-order chi connectivity index (χ1) is 11.5. The van der Waals surface area contributed by atoms with Crippen LogP contribution in [0.5, 0.6) is 17.2 Å². The van der Waals surface area contributed by atoms with Crippen LogP contribution in [0.1, 0.15) is 24.3 Å². The highest BCUT2D eigenvalue weighted by atomic mass is 16.5. The van der Waals surface area contributed by atoms with Crippen molar-refractivity contribution in [2.24, 2.45) is 5.92 Å². The Balaban J connectivity index is 2.02. The van der Waals surface area contributed by atoms with Crippen LogP contribution >= 0.6 is 0 Å². The molecule has 2 aromatic rings. The second kappa shape index (κ2) is 8.24.